The summed E-state index contributed by atoms with van der Waals surface area (Å²) in [6.45, 7) is 7.16. The second kappa shape index (κ2) is 6.64. The highest BCUT2D eigenvalue weighted by molar-refractivity contribution is 5.79. The van der Waals surface area contributed by atoms with Crippen LogP contribution in [0.3, 0.4) is 0 Å². The van der Waals surface area contributed by atoms with E-state index in [-0.39, 0.29) is 11.3 Å². The number of hydrogen-bond donors (Lipinski definition) is 0. The molecule has 4 heteroatoms. The van der Waals surface area contributed by atoms with E-state index < -0.39 is 5.82 Å². The van der Waals surface area contributed by atoms with Crippen molar-refractivity contribution in [3.05, 3.63) is 95.6 Å². The number of anilines is 3. The maximum Gasteiger partial charge on any atom is 0.225 e. The molecule has 0 spiro atoms. The van der Waals surface area contributed by atoms with E-state index >= 15 is 0 Å². The minimum atomic E-state index is -0.780. The molecule has 114 valence electrons. The Labute approximate surface area is 139 Å². The molecule has 0 aliphatic carbocycles. The first-order valence-corrected chi connectivity index (χ1v) is 7.26. The first-order chi connectivity index (χ1) is 11.7. The van der Waals surface area contributed by atoms with Gasteiger partial charge in [0, 0.05) is 17.1 Å². The average molecular weight is 313 g/mol. The van der Waals surface area contributed by atoms with Crippen molar-refractivity contribution < 1.29 is 4.39 Å². The van der Waals surface area contributed by atoms with E-state index in [2.05, 4.69) is 4.85 Å². The lowest BCUT2D eigenvalue weighted by atomic mass is 10.1. The largest absolute Gasteiger partial charge is 0.312 e. The Morgan fingerprint density at radius 1 is 0.875 bits per heavy atom. The van der Waals surface area contributed by atoms with Gasteiger partial charge in [0.2, 0.25) is 5.69 Å². The van der Waals surface area contributed by atoms with Gasteiger partial charge in [-0.05, 0) is 36.4 Å². The summed E-state index contributed by atoms with van der Waals surface area (Å²) in [4.78, 5) is 5.09. The van der Waals surface area contributed by atoms with Gasteiger partial charge in [0.05, 0.1) is 12.1 Å². The van der Waals surface area contributed by atoms with E-state index in [0.717, 1.165) is 11.4 Å². The molecule has 0 amide bonds. The van der Waals surface area contributed by atoms with Gasteiger partial charge in [-0.1, -0.05) is 36.4 Å². The molecule has 3 nitrogen and oxygen atoms in total. The lowest BCUT2D eigenvalue weighted by molar-refractivity contribution is 0.630. The molecule has 3 aromatic rings. The van der Waals surface area contributed by atoms with Crippen LogP contribution < -0.4 is 4.90 Å². The van der Waals surface area contributed by atoms with Crippen LogP contribution in [0.15, 0.2) is 72.8 Å². The summed E-state index contributed by atoms with van der Waals surface area (Å²) in [7, 11) is 0. The standard InChI is InChI=1S/C20H12FN3/c1-23-19-13-18(12-15(14-22)20(19)21)24(16-8-4-2-5-9-16)17-10-6-3-7-11-17/h2-13H. The van der Waals surface area contributed by atoms with E-state index in [4.69, 9.17) is 6.57 Å². The van der Waals surface area contributed by atoms with Crippen LogP contribution in [0.1, 0.15) is 5.56 Å². The summed E-state index contributed by atoms with van der Waals surface area (Å²) < 4.78 is 14.1. The van der Waals surface area contributed by atoms with Crippen LogP contribution in [0.5, 0.6) is 0 Å². The Balaban J connectivity index is 2.25. The van der Waals surface area contributed by atoms with Gasteiger partial charge in [-0.2, -0.15) is 5.26 Å². The molecular weight excluding hydrogens is 301 g/mol. The van der Waals surface area contributed by atoms with Crippen molar-refractivity contribution in [3.8, 4) is 6.07 Å². The molecule has 0 saturated heterocycles. The van der Waals surface area contributed by atoms with E-state index in [1.807, 2.05) is 71.6 Å². The van der Waals surface area contributed by atoms with Gasteiger partial charge in [-0.15, -0.1) is 0 Å². The van der Waals surface area contributed by atoms with Crippen LogP contribution in [0, 0.1) is 23.7 Å². The third-order valence-electron chi connectivity index (χ3n) is 3.57. The zero-order valence-electron chi connectivity index (χ0n) is 12.6. The third kappa shape index (κ3) is 2.82. The fraction of sp³-hybridized carbons (Fsp3) is 0. The van der Waals surface area contributed by atoms with Crippen molar-refractivity contribution in [1.82, 2.24) is 0 Å². The van der Waals surface area contributed by atoms with Gasteiger partial charge >= 0.3 is 0 Å². The zero-order chi connectivity index (χ0) is 16.9. The SMILES string of the molecule is [C-]#[N+]c1cc(N(c2ccccc2)c2ccccc2)cc(C#N)c1F. The van der Waals surface area contributed by atoms with Crippen LogP contribution in [0.4, 0.5) is 27.1 Å². The Morgan fingerprint density at radius 2 is 1.42 bits per heavy atom. The molecule has 0 radical (unpaired) electrons. The average Bonchev–Trinajstić information content (AvgIpc) is 2.65. The Bertz CT molecular complexity index is 864. The second-order valence-corrected chi connectivity index (χ2v) is 5.06. The highest BCUT2D eigenvalue weighted by Crippen LogP contribution is 2.37. The summed E-state index contributed by atoms with van der Waals surface area (Å²) in [6.07, 6.45) is 0. The smallest absolute Gasteiger partial charge is 0.225 e. The normalized spacial score (nSPS) is 9.79. The summed E-state index contributed by atoms with van der Waals surface area (Å²) in [5.41, 5.74) is 1.97. The molecule has 0 saturated carbocycles. The number of para-hydroxylation sites is 2. The Morgan fingerprint density at radius 3 is 1.88 bits per heavy atom. The number of hydrogen-bond acceptors (Lipinski definition) is 2. The van der Waals surface area contributed by atoms with Gasteiger partial charge in [0.25, 0.3) is 0 Å². The van der Waals surface area contributed by atoms with Crippen molar-refractivity contribution >= 4 is 22.7 Å². The molecule has 0 atom stereocenters. The molecule has 0 fully saturated rings. The van der Waals surface area contributed by atoms with Gasteiger partial charge in [0.1, 0.15) is 11.9 Å². The summed E-state index contributed by atoms with van der Waals surface area (Å²) in [5, 5.41) is 9.17. The maximum absolute atomic E-state index is 14.1. The molecule has 0 aliphatic rings. The molecule has 24 heavy (non-hydrogen) atoms. The van der Waals surface area contributed by atoms with Gasteiger partial charge < -0.3 is 4.90 Å². The first kappa shape index (κ1) is 15.3. The minimum absolute atomic E-state index is 0.143. The fourth-order valence-electron chi connectivity index (χ4n) is 2.49. The highest BCUT2D eigenvalue weighted by Gasteiger charge is 2.17. The monoisotopic (exact) mass is 313 g/mol. The van der Waals surface area contributed by atoms with Crippen LogP contribution in [0.25, 0.3) is 4.85 Å². The quantitative estimate of drug-likeness (QED) is 0.579. The van der Waals surface area contributed by atoms with Crippen molar-refractivity contribution in [2.45, 2.75) is 0 Å². The number of halogens is 1. The molecular formula is C20H12FN3. The highest BCUT2D eigenvalue weighted by atomic mass is 19.1. The zero-order valence-corrected chi connectivity index (χ0v) is 12.6. The van der Waals surface area contributed by atoms with Crippen molar-refractivity contribution in [1.29, 1.82) is 5.26 Å². The van der Waals surface area contributed by atoms with Crippen LogP contribution in [0.2, 0.25) is 0 Å². The lowest BCUT2D eigenvalue weighted by Gasteiger charge is -2.26. The Hall–Kier alpha value is -3.63. The summed E-state index contributed by atoms with van der Waals surface area (Å²) in [6, 6.07) is 23.8. The van der Waals surface area contributed by atoms with E-state index in [0.29, 0.717) is 5.69 Å². The number of benzene rings is 3. The van der Waals surface area contributed by atoms with Crippen LogP contribution >= 0.6 is 0 Å². The molecule has 3 aromatic carbocycles. The lowest BCUT2D eigenvalue weighted by Crippen LogP contribution is -2.10. The van der Waals surface area contributed by atoms with E-state index in [1.165, 1.54) is 12.1 Å². The molecule has 0 unspecified atom stereocenters. The third-order valence-corrected chi connectivity index (χ3v) is 3.57. The number of rotatable bonds is 3. The van der Waals surface area contributed by atoms with Gasteiger partial charge in [-0.3, -0.25) is 0 Å². The van der Waals surface area contributed by atoms with Crippen LogP contribution in [-0.4, -0.2) is 0 Å². The summed E-state index contributed by atoms with van der Waals surface area (Å²) >= 11 is 0. The van der Waals surface area contributed by atoms with Gasteiger partial charge in [-0.25, -0.2) is 9.24 Å². The molecule has 3 rings (SSSR count). The first-order valence-electron chi connectivity index (χ1n) is 7.26. The Kier molecular flexibility index (Phi) is 4.23. The van der Waals surface area contributed by atoms with E-state index in [1.54, 1.807) is 0 Å². The van der Waals surface area contributed by atoms with Crippen molar-refractivity contribution in [2.24, 2.45) is 0 Å². The van der Waals surface area contributed by atoms with E-state index in [9.17, 15) is 9.65 Å². The molecule has 0 N–H and O–H groups in total. The molecule has 0 heterocycles. The predicted octanol–water partition coefficient (Wildman–Crippen LogP) is 5.72. The van der Waals surface area contributed by atoms with Crippen LogP contribution in [-0.2, 0) is 0 Å². The maximum atomic E-state index is 14.1. The number of nitriles is 1. The molecule has 0 bridgehead atoms. The molecule has 0 aromatic heterocycles. The minimum Gasteiger partial charge on any atom is -0.312 e. The topological polar surface area (TPSA) is 31.4 Å². The number of nitrogens with zero attached hydrogens (tertiary/aromatic N) is 3. The summed E-state index contributed by atoms with van der Waals surface area (Å²) in [5.74, 6) is -0.780. The van der Waals surface area contributed by atoms with Crippen molar-refractivity contribution in [3.63, 3.8) is 0 Å². The van der Waals surface area contributed by atoms with Gasteiger partial charge in [0.15, 0.2) is 0 Å². The predicted molar refractivity (Wildman–Crippen MR) is 92.1 cm³/mol. The molecule has 0 aliphatic heterocycles. The second-order valence-electron chi connectivity index (χ2n) is 5.06. The van der Waals surface area contributed by atoms with Crippen molar-refractivity contribution in [2.75, 3.05) is 4.90 Å². The fourth-order valence-corrected chi connectivity index (χ4v) is 2.49.